The second kappa shape index (κ2) is 2.76. The maximum Gasteiger partial charge on any atom is 0.215 e. The van der Waals surface area contributed by atoms with E-state index in [1.54, 1.807) is 6.07 Å². The van der Waals surface area contributed by atoms with E-state index in [0.717, 1.165) is 0 Å². The first-order chi connectivity index (χ1) is 5.57. The van der Waals surface area contributed by atoms with Gasteiger partial charge in [-0.15, -0.1) is 0 Å². The number of halogens is 2. The number of pyridine rings is 1. The van der Waals surface area contributed by atoms with Gasteiger partial charge >= 0.3 is 0 Å². The summed E-state index contributed by atoms with van der Waals surface area (Å²) in [5.74, 6) is -1.05. The van der Waals surface area contributed by atoms with E-state index in [9.17, 15) is 4.39 Å². The molecule has 0 spiro atoms. The van der Waals surface area contributed by atoms with Gasteiger partial charge in [-0.3, -0.25) is 0 Å². The van der Waals surface area contributed by atoms with Crippen molar-refractivity contribution in [1.82, 2.24) is 4.98 Å². The van der Waals surface area contributed by atoms with E-state index in [4.69, 9.17) is 8.00 Å². The van der Waals surface area contributed by atoms with Crippen molar-refractivity contribution < 1.29 is 7.13 Å². The number of nitriles is 1. The average molecular weight is 203 g/mol. The number of hydrogen-bond donors (Lipinski definition) is 0. The molecule has 1 heterocycles. The summed E-state index contributed by atoms with van der Waals surface area (Å²) >= 11 is 2.80. The molecule has 1 aromatic rings. The molecule has 0 saturated heterocycles. The molecule has 1 rings (SSSR count). The Labute approximate surface area is 68.3 Å². The van der Waals surface area contributed by atoms with Gasteiger partial charge in [-0.1, -0.05) is 0 Å². The Balaban J connectivity index is 3.56. The first kappa shape index (κ1) is 4.80. The molecule has 2 nitrogen and oxygen atoms in total. The molecule has 10 heavy (non-hydrogen) atoms. The van der Waals surface area contributed by atoms with Crippen molar-refractivity contribution in [1.29, 1.82) is 5.26 Å². The minimum absolute atomic E-state index is 0.0625. The molecule has 0 atom stereocenters. The topological polar surface area (TPSA) is 36.7 Å². The number of nitrogens with zero attached hydrogens (tertiary/aromatic N) is 2. The molecule has 0 aliphatic heterocycles. The Bertz CT molecular complexity index is 349. The van der Waals surface area contributed by atoms with Crippen LogP contribution in [0.1, 0.15) is 8.30 Å². The van der Waals surface area contributed by atoms with Crippen LogP contribution in [0.25, 0.3) is 0 Å². The summed E-state index contributed by atoms with van der Waals surface area (Å²) in [6.45, 7) is 0. The van der Waals surface area contributed by atoms with Crippen molar-refractivity contribution in [3.05, 3.63) is 28.2 Å². The third kappa shape index (κ3) is 1.52. The van der Waals surface area contributed by atoms with Crippen LogP contribution in [0.2, 0.25) is 0 Å². The fourth-order valence-electron chi connectivity index (χ4n) is 0.436. The number of aromatic nitrogens is 1. The Morgan fingerprint density at radius 3 is 3.10 bits per heavy atom. The van der Waals surface area contributed by atoms with Gasteiger partial charge in [0.05, 0.1) is 14.4 Å². The lowest BCUT2D eigenvalue weighted by Crippen LogP contribution is -1.84. The normalized spacial score (nSPS) is 11.7. The molecule has 50 valence electrons. The van der Waals surface area contributed by atoms with Crippen LogP contribution in [-0.4, -0.2) is 4.98 Å². The van der Waals surface area contributed by atoms with Gasteiger partial charge in [-0.2, -0.15) is 9.65 Å². The lowest BCUT2D eigenvalue weighted by Gasteiger charge is -1.89. The third-order valence-corrected chi connectivity index (χ3v) is 1.14. The molecule has 0 fully saturated rings. The van der Waals surface area contributed by atoms with Crippen LogP contribution in [0.3, 0.4) is 0 Å². The predicted octanol–water partition coefficient (Wildman–Crippen LogP) is 1.85. The summed E-state index contributed by atoms with van der Waals surface area (Å²) in [4.78, 5) is 3.21. The summed E-state index contributed by atoms with van der Waals surface area (Å²) < 4.78 is 26.8. The van der Waals surface area contributed by atoms with Crippen molar-refractivity contribution in [3.8, 4) is 6.07 Å². The first-order valence-corrected chi connectivity index (χ1v) is 3.09. The van der Waals surface area contributed by atoms with Crippen molar-refractivity contribution in [2.75, 3.05) is 0 Å². The summed E-state index contributed by atoms with van der Waals surface area (Å²) in [7, 11) is 0. The van der Waals surface area contributed by atoms with Crippen LogP contribution in [-0.2, 0) is 0 Å². The third-order valence-electron chi connectivity index (χ3n) is 0.764. The lowest BCUT2D eigenvalue weighted by molar-refractivity contribution is 0.580. The SMILES string of the molecule is [2H]c1c(F)nc(Br)c([2H])c1C#N. The molecule has 1 aromatic heterocycles. The van der Waals surface area contributed by atoms with Crippen molar-refractivity contribution in [2.24, 2.45) is 0 Å². The summed E-state index contributed by atoms with van der Waals surface area (Å²) in [5.41, 5.74) is -0.311. The lowest BCUT2D eigenvalue weighted by atomic mass is 10.3. The Kier molecular flexibility index (Phi) is 1.32. The Hall–Kier alpha value is -0.950. The minimum atomic E-state index is -1.05. The molecule has 0 aliphatic carbocycles. The van der Waals surface area contributed by atoms with Crippen molar-refractivity contribution in [3.63, 3.8) is 0 Å². The van der Waals surface area contributed by atoms with Gasteiger partial charge < -0.3 is 0 Å². The van der Waals surface area contributed by atoms with Gasteiger partial charge in [0.2, 0.25) is 5.95 Å². The molecule has 0 saturated carbocycles. The predicted molar refractivity (Wildman–Crippen MR) is 36.6 cm³/mol. The molecule has 0 unspecified atom stereocenters. The van der Waals surface area contributed by atoms with Crippen LogP contribution in [0, 0.1) is 17.3 Å². The van der Waals surface area contributed by atoms with Crippen LogP contribution in [0.15, 0.2) is 16.7 Å². The molecular weight excluding hydrogens is 199 g/mol. The fraction of sp³-hybridized carbons (Fsp3) is 0. The molecule has 0 bridgehead atoms. The van der Waals surface area contributed by atoms with Crippen molar-refractivity contribution in [2.45, 2.75) is 0 Å². The molecule has 4 heteroatoms. The quantitative estimate of drug-likeness (QED) is 0.603. The monoisotopic (exact) mass is 202 g/mol. The zero-order chi connectivity index (χ0) is 9.30. The molecular formula is C6H2BrFN2. The van der Waals surface area contributed by atoms with Gasteiger partial charge in [0.1, 0.15) is 4.60 Å². The second-order valence-corrected chi connectivity index (χ2v) is 2.18. The van der Waals surface area contributed by atoms with Crippen LogP contribution in [0.5, 0.6) is 0 Å². The summed E-state index contributed by atoms with van der Waals surface area (Å²) in [6.07, 6.45) is 0. The highest BCUT2D eigenvalue weighted by molar-refractivity contribution is 9.10. The summed E-state index contributed by atoms with van der Waals surface area (Å²) in [5, 5.41) is 8.44. The van der Waals surface area contributed by atoms with E-state index in [2.05, 4.69) is 20.9 Å². The maximum atomic E-state index is 12.6. The maximum absolute atomic E-state index is 12.6. The second-order valence-electron chi connectivity index (χ2n) is 1.43. The average Bonchev–Trinajstić information content (AvgIpc) is 2.02. The van der Waals surface area contributed by atoms with Crippen LogP contribution < -0.4 is 0 Å². The molecule has 0 N–H and O–H groups in total. The standard InChI is InChI=1S/C6H2BrFN2/c7-5-1-4(3-9)2-6(8)10-5/h1-2H/i1D,2D. The van der Waals surface area contributed by atoms with Gasteiger partial charge in [0, 0.05) is 6.04 Å². The minimum Gasteiger partial charge on any atom is -0.213 e. The van der Waals surface area contributed by atoms with Crippen LogP contribution in [0.4, 0.5) is 4.39 Å². The van der Waals surface area contributed by atoms with Gasteiger partial charge in [0.25, 0.3) is 0 Å². The highest BCUT2D eigenvalue weighted by atomic mass is 79.9. The van der Waals surface area contributed by atoms with E-state index in [-0.39, 0.29) is 16.2 Å². The fourth-order valence-corrected chi connectivity index (χ4v) is 0.789. The molecule has 0 aromatic carbocycles. The van der Waals surface area contributed by atoms with E-state index >= 15 is 0 Å². The van der Waals surface area contributed by atoms with E-state index in [1.807, 2.05) is 0 Å². The smallest absolute Gasteiger partial charge is 0.213 e. The summed E-state index contributed by atoms with van der Waals surface area (Å²) in [6, 6.07) is 0.666. The largest absolute Gasteiger partial charge is 0.215 e. The molecule has 0 radical (unpaired) electrons. The highest BCUT2D eigenvalue weighted by Crippen LogP contribution is 2.09. The van der Waals surface area contributed by atoms with Gasteiger partial charge in [0.15, 0.2) is 0 Å². The Morgan fingerprint density at radius 1 is 1.80 bits per heavy atom. The molecule has 0 aliphatic rings. The van der Waals surface area contributed by atoms with E-state index < -0.39 is 12.0 Å². The zero-order valence-corrected chi connectivity index (χ0v) is 6.24. The molecule has 0 amide bonds. The number of rotatable bonds is 0. The van der Waals surface area contributed by atoms with E-state index in [1.165, 1.54) is 0 Å². The van der Waals surface area contributed by atoms with E-state index in [0.29, 0.717) is 0 Å². The van der Waals surface area contributed by atoms with Gasteiger partial charge in [-0.05, 0) is 22.0 Å². The zero-order valence-electron chi connectivity index (χ0n) is 6.65. The van der Waals surface area contributed by atoms with Crippen LogP contribution >= 0.6 is 15.9 Å². The Morgan fingerprint density at radius 2 is 2.50 bits per heavy atom. The number of hydrogen-bond acceptors (Lipinski definition) is 2. The highest BCUT2D eigenvalue weighted by Gasteiger charge is 1.97. The van der Waals surface area contributed by atoms with Gasteiger partial charge in [-0.25, -0.2) is 4.98 Å². The van der Waals surface area contributed by atoms with Crippen molar-refractivity contribution >= 4 is 15.9 Å². The first-order valence-electron chi connectivity index (χ1n) is 3.30.